The molecule has 0 amide bonds. The van der Waals surface area contributed by atoms with Gasteiger partial charge in [-0.25, -0.2) is 0 Å². The number of rotatable bonds is 3. The molecule has 1 aliphatic carbocycles. The molecule has 1 aromatic rings. The van der Waals surface area contributed by atoms with Crippen molar-refractivity contribution in [2.45, 2.75) is 18.4 Å². The molecule has 1 saturated carbocycles. The predicted molar refractivity (Wildman–Crippen MR) is 42.5 cm³/mol. The molecule has 12 heavy (non-hydrogen) atoms. The Labute approximate surface area is 70.4 Å². The van der Waals surface area contributed by atoms with E-state index in [4.69, 9.17) is 4.74 Å². The third-order valence-electron chi connectivity index (χ3n) is 2.03. The van der Waals surface area contributed by atoms with Crippen LogP contribution < -0.4 is 0 Å². The van der Waals surface area contributed by atoms with Crippen molar-refractivity contribution in [2.75, 3.05) is 0 Å². The third kappa shape index (κ3) is 1.30. The summed E-state index contributed by atoms with van der Waals surface area (Å²) in [5, 5.41) is 0. The minimum Gasteiger partial charge on any atom is -0.464 e. The van der Waals surface area contributed by atoms with Crippen molar-refractivity contribution < 1.29 is 9.53 Å². The molecule has 1 heterocycles. The zero-order valence-electron chi connectivity index (χ0n) is 6.51. The molecule has 0 bridgehead atoms. The lowest BCUT2D eigenvalue weighted by Crippen LogP contribution is -1.94. The Morgan fingerprint density at radius 2 is 2.50 bits per heavy atom. The summed E-state index contributed by atoms with van der Waals surface area (Å²) in [7, 11) is 0. The highest BCUT2D eigenvalue weighted by atomic mass is 16.5. The van der Waals surface area contributed by atoms with Crippen LogP contribution in [0.5, 0.6) is 0 Å². The van der Waals surface area contributed by atoms with Crippen LogP contribution in [0, 0.1) is 0 Å². The highest BCUT2D eigenvalue weighted by molar-refractivity contribution is 5.39. The normalized spacial score (nSPS) is 26.3. The molecule has 0 N–H and O–H groups in total. The fourth-order valence-electron chi connectivity index (χ4n) is 1.30. The van der Waals surface area contributed by atoms with Gasteiger partial charge in [0, 0.05) is 17.8 Å². The summed E-state index contributed by atoms with van der Waals surface area (Å²) in [4.78, 5) is 14.2. The summed E-state index contributed by atoms with van der Waals surface area (Å²) in [5.41, 5.74) is 1.02. The smallest absolute Gasteiger partial charge is 0.293 e. The lowest BCUT2D eigenvalue weighted by molar-refractivity contribution is -0.129. The number of carbonyl (C=O) groups excluding carboxylic acids is 1. The molecule has 2 unspecified atom stereocenters. The molecule has 0 radical (unpaired) electrons. The Hall–Kier alpha value is -1.38. The Balaban J connectivity index is 2.01. The molecule has 0 saturated heterocycles. The van der Waals surface area contributed by atoms with Crippen molar-refractivity contribution in [2.24, 2.45) is 0 Å². The second-order valence-corrected chi connectivity index (χ2v) is 2.87. The largest absolute Gasteiger partial charge is 0.464 e. The molecule has 1 aromatic heterocycles. The average molecular weight is 163 g/mol. The van der Waals surface area contributed by atoms with E-state index in [2.05, 4.69) is 4.98 Å². The zero-order valence-corrected chi connectivity index (χ0v) is 6.51. The fraction of sp³-hybridized carbons (Fsp3) is 0.333. The van der Waals surface area contributed by atoms with Crippen molar-refractivity contribution in [1.29, 1.82) is 0 Å². The van der Waals surface area contributed by atoms with E-state index in [1.54, 1.807) is 6.20 Å². The van der Waals surface area contributed by atoms with Crippen LogP contribution in [0.1, 0.15) is 18.0 Å². The van der Waals surface area contributed by atoms with Gasteiger partial charge < -0.3 is 4.74 Å². The van der Waals surface area contributed by atoms with E-state index in [0.29, 0.717) is 12.4 Å². The first-order valence-corrected chi connectivity index (χ1v) is 3.92. The third-order valence-corrected chi connectivity index (χ3v) is 2.03. The summed E-state index contributed by atoms with van der Waals surface area (Å²) in [6.07, 6.45) is 2.74. The Morgan fingerprint density at radius 3 is 3.17 bits per heavy atom. The average Bonchev–Trinajstić information content (AvgIpc) is 2.87. The maximum atomic E-state index is 9.99. The first-order chi connectivity index (χ1) is 5.92. The van der Waals surface area contributed by atoms with E-state index in [1.807, 2.05) is 18.2 Å². The summed E-state index contributed by atoms with van der Waals surface area (Å²) >= 11 is 0. The van der Waals surface area contributed by atoms with Crippen LogP contribution in [0.4, 0.5) is 0 Å². The topological polar surface area (TPSA) is 39.2 Å². The zero-order chi connectivity index (χ0) is 8.39. The molecule has 2 atom stereocenters. The van der Waals surface area contributed by atoms with Crippen LogP contribution in [0.15, 0.2) is 24.4 Å². The molecule has 0 spiro atoms. The molecule has 62 valence electrons. The van der Waals surface area contributed by atoms with Crippen molar-refractivity contribution in [1.82, 2.24) is 4.98 Å². The van der Waals surface area contributed by atoms with E-state index in [1.165, 1.54) is 0 Å². The van der Waals surface area contributed by atoms with E-state index >= 15 is 0 Å². The Bertz CT molecular complexity index is 273. The fourth-order valence-corrected chi connectivity index (χ4v) is 1.30. The van der Waals surface area contributed by atoms with Crippen molar-refractivity contribution in [3.05, 3.63) is 30.1 Å². The van der Waals surface area contributed by atoms with Gasteiger partial charge in [-0.1, -0.05) is 6.07 Å². The van der Waals surface area contributed by atoms with Crippen molar-refractivity contribution in [3.8, 4) is 0 Å². The van der Waals surface area contributed by atoms with Crippen LogP contribution in [0.3, 0.4) is 0 Å². The number of pyridine rings is 1. The van der Waals surface area contributed by atoms with E-state index in [0.717, 1.165) is 12.1 Å². The van der Waals surface area contributed by atoms with Gasteiger partial charge in [0.2, 0.25) is 0 Å². The lowest BCUT2D eigenvalue weighted by atomic mass is 10.2. The van der Waals surface area contributed by atoms with Crippen molar-refractivity contribution >= 4 is 6.47 Å². The molecule has 3 heteroatoms. The Morgan fingerprint density at radius 1 is 1.58 bits per heavy atom. The summed E-state index contributed by atoms with van der Waals surface area (Å²) in [6, 6.07) is 5.78. The van der Waals surface area contributed by atoms with E-state index in [-0.39, 0.29) is 6.10 Å². The Kier molecular flexibility index (Phi) is 1.78. The highest BCUT2D eigenvalue weighted by Gasteiger charge is 2.41. The van der Waals surface area contributed by atoms with Gasteiger partial charge in [-0.2, -0.15) is 0 Å². The number of ether oxygens (including phenoxy) is 1. The van der Waals surface area contributed by atoms with Gasteiger partial charge in [0.05, 0.1) is 0 Å². The molecule has 0 aromatic carbocycles. The maximum Gasteiger partial charge on any atom is 0.293 e. The molecule has 2 rings (SSSR count). The molecular weight excluding hydrogens is 154 g/mol. The second kappa shape index (κ2) is 2.93. The van der Waals surface area contributed by atoms with Gasteiger partial charge in [0.1, 0.15) is 6.10 Å². The van der Waals surface area contributed by atoms with E-state index < -0.39 is 0 Å². The molecule has 0 aliphatic heterocycles. The summed E-state index contributed by atoms with van der Waals surface area (Å²) in [6.45, 7) is 0.508. The minimum absolute atomic E-state index is 0.0670. The van der Waals surface area contributed by atoms with Crippen LogP contribution >= 0.6 is 0 Å². The van der Waals surface area contributed by atoms with Gasteiger partial charge in [-0.15, -0.1) is 0 Å². The van der Waals surface area contributed by atoms with Crippen LogP contribution in [-0.2, 0) is 9.53 Å². The predicted octanol–water partition coefficient (Wildman–Crippen LogP) is 1.11. The van der Waals surface area contributed by atoms with Crippen molar-refractivity contribution in [3.63, 3.8) is 0 Å². The first-order valence-electron chi connectivity index (χ1n) is 3.92. The summed E-state index contributed by atoms with van der Waals surface area (Å²) in [5.74, 6) is 0.330. The second-order valence-electron chi connectivity index (χ2n) is 2.87. The first kappa shape index (κ1) is 7.28. The van der Waals surface area contributed by atoms with Crippen LogP contribution in [0.25, 0.3) is 0 Å². The minimum atomic E-state index is 0.0670. The quantitative estimate of drug-likeness (QED) is 0.626. The number of carbonyl (C=O) groups is 1. The van der Waals surface area contributed by atoms with Gasteiger partial charge in [0.25, 0.3) is 6.47 Å². The van der Waals surface area contributed by atoms with Crippen LogP contribution in [-0.4, -0.2) is 17.6 Å². The molecule has 3 nitrogen and oxygen atoms in total. The van der Waals surface area contributed by atoms with Gasteiger partial charge >= 0.3 is 0 Å². The molecular formula is C9H9NO2. The number of hydrogen-bond acceptors (Lipinski definition) is 3. The van der Waals surface area contributed by atoms with Gasteiger partial charge in [-0.05, 0) is 18.6 Å². The SMILES string of the molecule is O=COC1CC1c1ccccn1. The monoisotopic (exact) mass is 163 g/mol. The van der Waals surface area contributed by atoms with E-state index in [9.17, 15) is 4.79 Å². The maximum absolute atomic E-state index is 9.99. The number of nitrogens with zero attached hydrogens (tertiary/aromatic N) is 1. The van der Waals surface area contributed by atoms with Crippen LogP contribution in [0.2, 0.25) is 0 Å². The molecule has 1 fully saturated rings. The van der Waals surface area contributed by atoms with Gasteiger partial charge in [0.15, 0.2) is 0 Å². The van der Waals surface area contributed by atoms with Gasteiger partial charge in [-0.3, -0.25) is 9.78 Å². The number of hydrogen-bond donors (Lipinski definition) is 0. The highest BCUT2D eigenvalue weighted by Crippen LogP contribution is 2.41. The molecule has 1 aliphatic rings. The summed E-state index contributed by atoms with van der Waals surface area (Å²) < 4.78 is 4.80. The standard InChI is InChI=1S/C9H9NO2/c11-6-12-9-5-7(9)8-3-1-2-4-10-8/h1-4,6-7,9H,5H2. The number of aromatic nitrogens is 1. The lowest BCUT2D eigenvalue weighted by Gasteiger charge is -1.96.